The highest BCUT2D eigenvalue weighted by molar-refractivity contribution is 5.76. The van der Waals surface area contributed by atoms with Gasteiger partial charge in [0.15, 0.2) is 0 Å². The number of hydrogen-bond acceptors (Lipinski definition) is 4. The van der Waals surface area contributed by atoms with Crippen LogP contribution in [0.4, 0.5) is 0 Å². The van der Waals surface area contributed by atoms with Crippen molar-refractivity contribution in [1.82, 2.24) is 5.32 Å². The number of carbonyl (C=O) groups excluding carboxylic acids is 2. The van der Waals surface area contributed by atoms with Gasteiger partial charge in [-0.15, -0.1) is 0 Å². The monoisotopic (exact) mass is 291 g/mol. The largest absolute Gasteiger partial charge is 0.497 e. The summed E-state index contributed by atoms with van der Waals surface area (Å²) in [5.74, 6) is 0.163. The Kier molecular flexibility index (Phi) is 7.01. The lowest BCUT2D eigenvalue weighted by Crippen LogP contribution is -2.28. The third-order valence-electron chi connectivity index (χ3n) is 2.84. The van der Waals surface area contributed by atoms with Crippen molar-refractivity contribution in [3.05, 3.63) is 42.0 Å². The van der Waals surface area contributed by atoms with Gasteiger partial charge in [0.25, 0.3) is 0 Å². The molecule has 0 saturated carbocycles. The molecule has 0 saturated heterocycles. The molecule has 1 aromatic carbocycles. The minimum Gasteiger partial charge on any atom is -0.497 e. The average molecular weight is 291 g/mol. The summed E-state index contributed by atoms with van der Waals surface area (Å²) in [5, 5.41) is 2.76. The molecule has 1 unspecified atom stereocenters. The number of rotatable bonds is 7. The first-order valence-electron chi connectivity index (χ1n) is 6.74. The summed E-state index contributed by atoms with van der Waals surface area (Å²) < 4.78 is 10.1. The minimum absolute atomic E-state index is 0.0868. The highest BCUT2D eigenvalue weighted by atomic mass is 16.5. The molecular formula is C16H21NO4. The fraction of sp³-hybridized carbons (Fsp3) is 0.375. The molecule has 1 aromatic rings. The predicted molar refractivity (Wildman–Crippen MR) is 79.9 cm³/mol. The third-order valence-corrected chi connectivity index (χ3v) is 2.84. The molecule has 0 aliphatic heterocycles. The van der Waals surface area contributed by atoms with E-state index in [0.717, 1.165) is 11.3 Å². The summed E-state index contributed by atoms with van der Waals surface area (Å²) >= 11 is 0. The van der Waals surface area contributed by atoms with Gasteiger partial charge in [-0.2, -0.15) is 0 Å². The Bertz CT molecular complexity index is 494. The summed E-state index contributed by atoms with van der Waals surface area (Å²) in [5.41, 5.74) is 0.828. The number of hydrogen-bond donors (Lipinski definition) is 1. The summed E-state index contributed by atoms with van der Waals surface area (Å²) in [6.45, 7) is 3.51. The number of carbonyl (C=O) groups is 2. The van der Waals surface area contributed by atoms with E-state index in [1.165, 1.54) is 6.92 Å². The Morgan fingerprint density at radius 1 is 1.29 bits per heavy atom. The van der Waals surface area contributed by atoms with E-state index in [2.05, 4.69) is 5.32 Å². The number of esters is 1. The van der Waals surface area contributed by atoms with Gasteiger partial charge in [-0.3, -0.25) is 9.59 Å². The molecule has 1 rings (SSSR count). The molecule has 0 heterocycles. The topological polar surface area (TPSA) is 64.6 Å². The average Bonchev–Trinajstić information content (AvgIpc) is 2.46. The van der Waals surface area contributed by atoms with Crippen LogP contribution in [-0.4, -0.2) is 25.6 Å². The van der Waals surface area contributed by atoms with Gasteiger partial charge in [-0.1, -0.05) is 24.3 Å². The van der Waals surface area contributed by atoms with E-state index >= 15 is 0 Å². The molecule has 5 nitrogen and oxygen atoms in total. The maximum atomic E-state index is 11.8. The van der Waals surface area contributed by atoms with Gasteiger partial charge in [0, 0.05) is 6.92 Å². The maximum Gasteiger partial charge on any atom is 0.308 e. The van der Waals surface area contributed by atoms with Crippen molar-refractivity contribution in [2.45, 2.75) is 26.3 Å². The zero-order valence-electron chi connectivity index (χ0n) is 12.6. The fourth-order valence-corrected chi connectivity index (χ4v) is 1.80. The van der Waals surface area contributed by atoms with Crippen molar-refractivity contribution in [2.75, 3.05) is 13.7 Å². The van der Waals surface area contributed by atoms with E-state index in [1.807, 2.05) is 25.1 Å². The summed E-state index contributed by atoms with van der Waals surface area (Å²) in [6, 6.07) is 6.80. The Hall–Kier alpha value is -2.30. The van der Waals surface area contributed by atoms with Crippen LogP contribution in [0.2, 0.25) is 0 Å². The number of benzene rings is 1. The van der Waals surface area contributed by atoms with Crippen LogP contribution in [0.15, 0.2) is 36.4 Å². The number of nitrogens with one attached hydrogen (secondary N) is 1. The second-order valence-electron chi connectivity index (χ2n) is 4.48. The molecule has 1 amide bonds. The van der Waals surface area contributed by atoms with Crippen molar-refractivity contribution in [3.8, 4) is 5.75 Å². The van der Waals surface area contributed by atoms with Crippen LogP contribution in [0.3, 0.4) is 0 Å². The van der Waals surface area contributed by atoms with Crippen LogP contribution in [0.25, 0.3) is 0 Å². The first-order chi connectivity index (χ1) is 10.1. The molecule has 0 bridgehead atoms. The van der Waals surface area contributed by atoms with Crippen LogP contribution in [0.1, 0.15) is 31.9 Å². The van der Waals surface area contributed by atoms with Crippen LogP contribution in [0.5, 0.6) is 5.75 Å². The quantitative estimate of drug-likeness (QED) is 0.619. The molecule has 1 N–H and O–H groups in total. The number of methoxy groups -OCH3 is 1. The predicted octanol–water partition coefficient (Wildman–Crippen LogP) is 2.38. The second-order valence-corrected chi connectivity index (χ2v) is 4.48. The van der Waals surface area contributed by atoms with Crippen molar-refractivity contribution in [1.29, 1.82) is 0 Å². The van der Waals surface area contributed by atoms with Crippen molar-refractivity contribution >= 4 is 11.9 Å². The Morgan fingerprint density at radius 2 is 1.95 bits per heavy atom. The molecule has 5 heteroatoms. The van der Waals surface area contributed by atoms with Crippen LogP contribution >= 0.6 is 0 Å². The molecule has 0 fully saturated rings. The van der Waals surface area contributed by atoms with Crippen molar-refractivity contribution < 1.29 is 19.1 Å². The molecule has 114 valence electrons. The zero-order chi connectivity index (χ0) is 15.7. The Balaban J connectivity index is 2.74. The fourth-order valence-electron chi connectivity index (χ4n) is 1.80. The van der Waals surface area contributed by atoms with E-state index in [1.54, 1.807) is 25.3 Å². The van der Waals surface area contributed by atoms with Crippen molar-refractivity contribution in [3.63, 3.8) is 0 Å². The van der Waals surface area contributed by atoms with E-state index in [0.29, 0.717) is 0 Å². The normalized spacial score (nSPS) is 12.0. The van der Waals surface area contributed by atoms with Crippen molar-refractivity contribution in [2.24, 2.45) is 0 Å². The van der Waals surface area contributed by atoms with E-state index in [4.69, 9.17) is 9.47 Å². The standard InChI is InChI=1S/C16H21NO4/c1-4-5-10-21-16(19)11-15(17-12(2)18)13-6-8-14(20-3)9-7-13/h4-9,15H,10-11H2,1-3H3,(H,17,18)/b5-4+. The zero-order valence-corrected chi connectivity index (χ0v) is 12.6. The van der Waals surface area contributed by atoms with Gasteiger partial charge in [-0.05, 0) is 24.6 Å². The van der Waals surface area contributed by atoms with Gasteiger partial charge in [-0.25, -0.2) is 0 Å². The Labute approximate surface area is 124 Å². The molecule has 0 spiro atoms. The summed E-state index contributed by atoms with van der Waals surface area (Å²) in [6.07, 6.45) is 3.64. The van der Waals surface area contributed by atoms with Crippen LogP contribution in [0, 0.1) is 0 Å². The number of amides is 1. The van der Waals surface area contributed by atoms with E-state index in [9.17, 15) is 9.59 Å². The van der Waals surface area contributed by atoms with Gasteiger partial charge < -0.3 is 14.8 Å². The molecule has 0 aromatic heterocycles. The smallest absolute Gasteiger partial charge is 0.308 e. The highest BCUT2D eigenvalue weighted by Crippen LogP contribution is 2.20. The van der Waals surface area contributed by atoms with Gasteiger partial charge in [0.1, 0.15) is 12.4 Å². The third kappa shape index (κ3) is 6.12. The maximum absolute atomic E-state index is 11.8. The van der Waals surface area contributed by atoms with Gasteiger partial charge in [0.2, 0.25) is 5.91 Å². The second kappa shape index (κ2) is 8.79. The lowest BCUT2D eigenvalue weighted by Gasteiger charge is -2.17. The number of ether oxygens (including phenoxy) is 2. The summed E-state index contributed by atoms with van der Waals surface area (Å²) in [7, 11) is 1.58. The molecular weight excluding hydrogens is 270 g/mol. The van der Waals surface area contributed by atoms with E-state index < -0.39 is 6.04 Å². The van der Waals surface area contributed by atoms with Gasteiger partial charge in [0.05, 0.1) is 19.6 Å². The Morgan fingerprint density at radius 3 is 2.48 bits per heavy atom. The van der Waals surface area contributed by atoms with E-state index in [-0.39, 0.29) is 24.9 Å². The lowest BCUT2D eigenvalue weighted by atomic mass is 10.0. The molecule has 0 radical (unpaired) electrons. The van der Waals surface area contributed by atoms with Crippen LogP contribution in [-0.2, 0) is 14.3 Å². The molecule has 21 heavy (non-hydrogen) atoms. The lowest BCUT2D eigenvalue weighted by molar-refractivity contribution is -0.143. The molecule has 1 atom stereocenters. The molecule has 0 aliphatic carbocycles. The first kappa shape index (κ1) is 16.8. The first-order valence-corrected chi connectivity index (χ1v) is 6.74. The van der Waals surface area contributed by atoms with Crippen LogP contribution < -0.4 is 10.1 Å². The van der Waals surface area contributed by atoms with Gasteiger partial charge >= 0.3 is 5.97 Å². The number of allylic oxidation sites excluding steroid dienone is 1. The highest BCUT2D eigenvalue weighted by Gasteiger charge is 2.18. The minimum atomic E-state index is -0.411. The summed E-state index contributed by atoms with van der Waals surface area (Å²) in [4.78, 5) is 23.1. The molecule has 0 aliphatic rings. The SMILES string of the molecule is C/C=C/COC(=O)CC(NC(C)=O)c1ccc(OC)cc1.